The summed E-state index contributed by atoms with van der Waals surface area (Å²) in [5.41, 5.74) is 4.27. The van der Waals surface area contributed by atoms with E-state index in [0.717, 1.165) is 33.4 Å². The molecule has 1 aliphatic rings. The average molecular weight is 468 g/mol. The molecule has 7 nitrogen and oxygen atoms in total. The molecule has 0 aliphatic carbocycles. The summed E-state index contributed by atoms with van der Waals surface area (Å²) in [5.74, 6) is -0.128. The van der Waals surface area contributed by atoms with Crippen molar-refractivity contribution in [2.75, 3.05) is 6.54 Å². The summed E-state index contributed by atoms with van der Waals surface area (Å²) in [6, 6.07) is 17.9. The van der Waals surface area contributed by atoms with Gasteiger partial charge in [0.2, 0.25) is 0 Å². The number of aromatic nitrogens is 4. The highest BCUT2D eigenvalue weighted by atomic mass is 19.1. The third kappa shape index (κ3) is 3.67. The maximum absolute atomic E-state index is 14.8. The van der Waals surface area contributed by atoms with Crippen LogP contribution in [0.15, 0.2) is 65.5 Å². The number of rotatable bonds is 3. The van der Waals surface area contributed by atoms with Gasteiger partial charge in [0.25, 0.3) is 11.5 Å². The van der Waals surface area contributed by atoms with Crippen LogP contribution in [0.25, 0.3) is 21.8 Å². The lowest BCUT2D eigenvalue weighted by Gasteiger charge is -2.28. The predicted molar refractivity (Wildman–Crippen MR) is 131 cm³/mol. The lowest BCUT2D eigenvalue weighted by molar-refractivity contribution is 0.0704. The molecule has 0 atom stereocenters. The summed E-state index contributed by atoms with van der Waals surface area (Å²) >= 11 is 0. The summed E-state index contributed by atoms with van der Waals surface area (Å²) in [4.78, 5) is 31.8. The third-order valence-corrected chi connectivity index (χ3v) is 6.60. The Morgan fingerprint density at radius 1 is 1.06 bits per heavy atom. The summed E-state index contributed by atoms with van der Waals surface area (Å²) in [7, 11) is 0. The van der Waals surface area contributed by atoms with Gasteiger partial charge in [0.05, 0.1) is 34.2 Å². The van der Waals surface area contributed by atoms with Crippen LogP contribution in [0.4, 0.5) is 4.39 Å². The number of amides is 1. The number of benzene rings is 3. The highest BCUT2D eigenvalue weighted by Gasteiger charge is 2.26. The van der Waals surface area contributed by atoms with Crippen LogP contribution in [-0.2, 0) is 19.5 Å². The zero-order chi connectivity index (χ0) is 24.1. The number of aromatic amines is 1. The van der Waals surface area contributed by atoms with Crippen LogP contribution >= 0.6 is 0 Å². The molecular weight excluding hydrogens is 445 g/mol. The number of hydrogen-bond acceptors (Lipinski definition) is 4. The molecule has 3 heterocycles. The largest absolute Gasteiger partial charge is 0.329 e. The zero-order valence-corrected chi connectivity index (χ0v) is 19.1. The predicted octanol–water partition coefficient (Wildman–Crippen LogP) is 3.97. The Bertz CT molecular complexity index is 1690. The molecule has 1 N–H and O–H groups in total. The van der Waals surface area contributed by atoms with Gasteiger partial charge in [-0.25, -0.2) is 14.5 Å². The first-order chi connectivity index (χ1) is 17.0. The van der Waals surface area contributed by atoms with Gasteiger partial charge in [-0.05, 0) is 48.4 Å². The van der Waals surface area contributed by atoms with Crippen LogP contribution in [0.2, 0.25) is 0 Å². The average Bonchev–Trinajstić information content (AvgIpc) is 3.23. The van der Waals surface area contributed by atoms with Crippen molar-refractivity contribution in [1.29, 1.82) is 0 Å². The number of nitrogens with zero attached hydrogens (tertiary/aromatic N) is 4. The molecule has 0 bridgehead atoms. The van der Waals surface area contributed by atoms with Crippen molar-refractivity contribution in [3.63, 3.8) is 0 Å². The molecule has 0 spiro atoms. The van der Waals surface area contributed by atoms with Crippen LogP contribution in [-0.4, -0.2) is 37.1 Å². The topological polar surface area (TPSA) is 83.9 Å². The number of H-pyrrole nitrogens is 1. The molecule has 5 aromatic rings. The second-order valence-corrected chi connectivity index (χ2v) is 8.93. The van der Waals surface area contributed by atoms with Crippen LogP contribution < -0.4 is 5.56 Å². The minimum absolute atomic E-state index is 0.0247. The van der Waals surface area contributed by atoms with E-state index in [1.807, 2.05) is 31.2 Å². The molecule has 3 aromatic carbocycles. The van der Waals surface area contributed by atoms with Gasteiger partial charge in [-0.15, -0.1) is 0 Å². The smallest absolute Gasteiger partial charge is 0.272 e. The summed E-state index contributed by atoms with van der Waals surface area (Å²) < 4.78 is 16.9. The molecule has 0 saturated carbocycles. The SMILES string of the molecule is Cc1ccc2nc3n(c2c1)CCN(C(=O)c1cc(Cc2n[nH]c(=O)c4ccccc24)ccc1F)C3. The normalized spacial score (nSPS) is 13.4. The van der Waals surface area contributed by atoms with E-state index in [1.165, 1.54) is 6.07 Å². The van der Waals surface area contributed by atoms with E-state index in [9.17, 15) is 14.0 Å². The van der Waals surface area contributed by atoms with Crippen molar-refractivity contribution in [2.45, 2.75) is 26.4 Å². The van der Waals surface area contributed by atoms with E-state index >= 15 is 0 Å². The lowest BCUT2D eigenvalue weighted by Crippen LogP contribution is -2.38. The van der Waals surface area contributed by atoms with Crippen LogP contribution in [0.1, 0.15) is 33.0 Å². The van der Waals surface area contributed by atoms with Gasteiger partial charge < -0.3 is 9.47 Å². The number of carbonyl (C=O) groups is 1. The van der Waals surface area contributed by atoms with Crippen molar-refractivity contribution >= 4 is 27.7 Å². The Hall–Kier alpha value is -4.33. The molecule has 0 saturated heterocycles. The molecule has 8 heteroatoms. The minimum atomic E-state index is -0.562. The lowest BCUT2D eigenvalue weighted by atomic mass is 10.0. The number of carbonyl (C=O) groups excluding carboxylic acids is 1. The van der Waals surface area contributed by atoms with E-state index in [4.69, 9.17) is 4.98 Å². The van der Waals surface area contributed by atoms with E-state index in [2.05, 4.69) is 20.8 Å². The van der Waals surface area contributed by atoms with Crippen molar-refractivity contribution < 1.29 is 9.18 Å². The third-order valence-electron chi connectivity index (χ3n) is 6.60. The second-order valence-electron chi connectivity index (χ2n) is 8.93. The fraction of sp³-hybridized carbons (Fsp3) is 0.185. The Morgan fingerprint density at radius 3 is 2.74 bits per heavy atom. The van der Waals surface area contributed by atoms with Crippen molar-refractivity contribution in [1.82, 2.24) is 24.6 Å². The van der Waals surface area contributed by atoms with Crippen molar-refractivity contribution in [3.8, 4) is 0 Å². The van der Waals surface area contributed by atoms with Gasteiger partial charge in [0.15, 0.2) is 0 Å². The first-order valence-corrected chi connectivity index (χ1v) is 11.5. The van der Waals surface area contributed by atoms with Gasteiger partial charge in [-0.2, -0.15) is 5.10 Å². The van der Waals surface area contributed by atoms with Gasteiger partial charge in [0, 0.05) is 24.9 Å². The maximum atomic E-state index is 14.8. The van der Waals surface area contributed by atoms with E-state index in [0.29, 0.717) is 37.1 Å². The fourth-order valence-electron chi connectivity index (χ4n) is 4.81. The highest BCUT2D eigenvalue weighted by Crippen LogP contribution is 2.24. The quantitative estimate of drug-likeness (QED) is 0.435. The van der Waals surface area contributed by atoms with Gasteiger partial charge in [-0.1, -0.05) is 30.3 Å². The molecule has 0 radical (unpaired) electrons. The van der Waals surface area contributed by atoms with Gasteiger partial charge in [-0.3, -0.25) is 9.59 Å². The molecule has 0 fully saturated rings. The van der Waals surface area contributed by atoms with E-state index in [1.54, 1.807) is 29.2 Å². The molecule has 0 unspecified atom stereocenters. The number of nitrogens with one attached hydrogen (secondary N) is 1. The molecule has 174 valence electrons. The number of hydrogen-bond donors (Lipinski definition) is 1. The molecule has 6 rings (SSSR count). The van der Waals surface area contributed by atoms with Gasteiger partial charge in [0.1, 0.15) is 11.6 Å². The maximum Gasteiger partial charge on any atom is 0.272 e. The zero-order valence-electron chi connectivity index (χ0n) is 19.1. The molecule has 1 amide bonds. The molecule has 2 aromatic heterocycles. The molecular formula is C27H22FN5O2. The Morgan fingerprint density at radius 2 is 1.89 bits per heavy atom. The van der Waals surface area contributed by atoms with Crippen molar-refractivity contribution in [2.24, 2.45) is 0 Å². The van der Waals surface area contributed by atoms with Crippen LogP contribution in [0, 0.1) is 12.7 Å². The highest BCUT2D eigenvalue weighted by molar-refractivity contribution is 5.95. The first kappa shape index (κ1) is 21.2. The Labute approximate surface area is 199 Å². The Balaban J connectivity index is 1.30. The summed E-state index contributed by atoms with van der Waals surface area (Å²) in [5, 5.41) is 8.00. The van der Waals surface area contributed by atoms with Gasteiger partial charge >= 0.3 is 0 Å². The first-order valence-electron chi connectivity index (χ1n) is 11.5. The summed E-state index contributed by atoms with van der Waals surface area (Å²) in [6.45, 7) is 3.44. The molecule has 1 aliphatic heterocycles. The number of halogens is 1. The van der Waals surface area contributed by atoms with E-state index in [-0.39, 0.29) is 17.0 Å². The minimum Gasteiger partial charge on any atom is -0.329 e. The van der Waals surface area contributed by atoms with Crippen LogP contribution in [0.3, 0.4) is 0 Å². The van der Waals surface area contributed by atoms with Crippen LogP contribution in [0.5, 0.6) is 0 Å². The standard InChI is InChI=1S/C27H22FN5O2/c1-16-6-9-22-24(12-16)33-11-10-32(15-25(33)29-22)27(35)20-13-17(7-8-21(20)28)14-23-18-4-2-3-5-19(18)26(34)31-30-23/h2-9,12-13H,10-11,14-15H2,1H3,(H,31,34). The molecule has 35 heavy (non-hydrogen) atoms. The van der Waals surface area contributed by atoms with E-state index < -0.39 is 5.82 Å². The number of imidazole rings is 1. The van der Waals surface area contributed by atoms with Crippen molar-refractivity contribution in [3.05, 3.63) is 105 Å². The Kier molecular flexibility index (Phi) is 4.95. The number of fused-ring (bicyclic) bond motifs is 4. The fourth-order valence-corrected chi connectivity index (χ4v) is 4.81. The monoisotopic (exact) mass is 467 g/mol. The summed E-state index contributed by atoms with van der Waals surface area (Å²) in [6.07, 6.45) is 0.354. The second kappa shape index (κ2) is 8.16. The number of aryl methyl sites for hydroxylation is 1.